The summed E-state index contributed by atoms with van der Waals surface area (Å²) in [5.41, 5.74) is 6.97. The van der Waals surface area contributed by atoms with Crippen LogP contribution in [-0.4, -0.2) is 9.35 Å². The summed E-state index contributed by atoms with van der Waals surface area (Å²) in [4.78, 5) is 0. The summed E-state index contributed by atoms with van der Waals surface area (Å²) in [6.45, 7) is 3.66. The number of rotatable bonds is 3. The molecule has 1 unspecified atom stereocenters. The topological polar surface area (TPSA) is 30.9 Å². The SMILES string of the molecule is C=CC(N)Sn1ccc2ccccc21. The van der Waals surface area contributed by atoms with Gasteiger partial charge in [-0.2, -0.15) is 0 Å². The van der Waals surface area contributed by atoms with Gasteiger partial charge < -0.3 is 5.73 Å². The quantitative estimate of drug-likeness (QED) is 0.615. The number of nitrogens with zero attached hydrogens (tertiary/aromatic N) is 1. The van der Waals surface area contributed by atoms with E-state index < -0.39 is 0 Å². The highest BCUT2D eigenvalue weighted by molar-refractivity contribution is 7.98. The first-order chi connectivity index (χ1) is 6.81. The molecular formula is C11H12N2S. The van der Waals surface area contributed by atoms with Gasteiger partial charge in [-0.3, -0.25) is 3.97 Å². The molecule has 2 aromatic rings. The number of hydrogen-bond acceptors (Lipinski definition) is 2. The number of para-hydroxylation sites is 1. The van der Waals surface area contributed by atoms with Crippen molar-refractivity contribution in [3.05, 3.63) is 49.2 Å². The van der Waals surface area contributed by atoms with E-state index in [1.807, 2.05) is 18.3 Å². The summed E-state index contributed by atoms with van der Waals surface area (Å²) < 4.78 is 2.07. The molecule has 1 aromatic heterocycles. The van der Waals surface area contributed by atoms with Gasteiger partial charge in [0.25, 0.3) is 0 Å². The average Bonchev–Trinajstić information content (AvgIpc) is 2.62. The highest BCUT2D eigenvalue weighted by Gasteiger charge is 2.03. The molecule has 1 heterocycles. The van der Waals surface area contributed by atoms with Gasteiger partial charge in [0.2, 0.25) is 0 Å². The van der Waals surface area contributed by atoms with Crippen LogP contribution in [0.3, 0.4) is 0 Å². The van der Waals surface area contributed by atoms with Crippen LogP contribution in [0.2, 0.25) is 0 Å². The molecule has 0 aliphatic heterocycles. The van der Waals surface area contributed by atoms with Crippen LogP contribution in [0.25, 0.3) is 10.9 Å². The largest absolute Gasteiger partial charge is 0.315 e. The summed E-state index contributed by atoms with van der Waals surface area (Å²) >= 11 is 1.56. The second-order valence-corrected chi connectivity index (χ2v) is 4.15. The summed E-state index contributed by atoms with van der Waals surface area (Å²) in [5, 5.41) is 1.17. The lowest BCUT2D eigenvalue weighted by molar-refractivity contribution is 1.14. The van der Waals surface area contributed by atoms with Gasteiger partial charge in [0.1, 0.15) is 0 Å². The van der Waals surface area contributed by atoms with Gasteiger partial charge in [0.15, 0.2) is 0 Å². The molecule has 2 nitrogen and oxygen atoms in total. The van der Waals surface area contributed by atoms with Gasteiger partial charge >= 0.3 is 0 Å². The van der Waals surface area contributed by atoms with E-state index in [-0.39, 0.29) is 5.37 Å². The normalized spacial score (nSPS) is 12.9. The van der Waals surface area contributed by atoms with Gasteiger partial charge in [-0.1, -0.05) is 24.3 Å². The molecule has 0 saturated heterocycles. The Bertz CT molecular complexity index is 447. The van der Waals surface area contributed by atoms with Crippen molar-refractivity contribution in [1.29, 1.82) is 0 Å². The first kappa shape index (κ1) is 9.37. The molecule has 1 aromatic carbocycles. The van der Waals surface area contributed by atoms with Gasteiger partial charge in [-0.05, 0) is 24.1 Å². The molecule has 0 amide bonds. The zero-order valence-corrected chi connectivity index (χ0v) is 8.58. The summed E-state index contributed by atoms with van der Waals surface area (Å²) in [6, 6.07) is 10.3. The van der Waals surface area contributed by atoms with Gasteiger partial charge in [-0.25, -0.2) is 0 Å². The maximum absolute atomic E-state index is 5.78. The highest BCUT2D eigenvalue weighted by atomic mass is 32.2. The fourth-order valence-corrected chi connectivity index (χ4v) is 2.08. The molecule has 0 aliphatic rings. The summed E-state index contributed by atoms with van der Waals surface area (Å²) in [7, 11) is 0. The fraction of sp³-hybridized carbons (Fsp3) is 0.0909. The van der Waals surface area contributed by atoms with Crippen molar-refractivity contribution >= 4 is 22.9 Å². The van der Waals surface area contributed by atoms with Gasteiger partial charge in [0.05, 0.1) is 10.9 Å². The molecule has 0 spiro atoms. The molecule has 72 valence electrons. The van der Waals surface area contributed by atoms with Crippen LogP contribution >= 0.6 is 11.9 Å². The molecule has 1 atom stereocenters. The van der Waals surface area contributed by atoms with Crippen LogP contribution in [0.4, 0.5) is 0 Å². The Kier molecular flexibility index (Phi) is 2.61. The Hall–Kier alpha value is -1.19. The Morgan fingerprint density at radius 2 is 2.14 bits per heavy atom. The lowest BCUT2D eigenvalue weighted by Gasteiger charge is -2.07. The molecule has 0 bridgehead atoms. The van der Waals surface area contributed by atoms with Crippen molar-refractivity contribution in [3.8, 4) is 0 Å². The fourth-order valence-electron chi connectivity index (χ4n) is 1.32. The predicted octanol–water partition coefficient (Wildman–Crippen LogP) is 2.61. The van der Waals surface area contributed by atoms with Crippen LogP contribution in [0.1, 0.15) is 0 Å². The predicted molar refractivity (Wildman–Crippen MR) is 63.1 cm³/mol. The Balaban J connectivity index is 2.38. The molecular weight excluding hydrogens is 192 g/mol. The van der Waals surface area contributed by atoms with E-state index in [2.05, 4.69) is 28.8 Å². The van der Waals surface area contributed by atoms with E-state index in [4.69, 9.17) is 5.73 Å². The summed E-state index contributed by atoms with van der Waals surface area (Å²) in [5.74, 6) is 0. The zero-order valence-electron chi connectivity index (χ0n) is 7.76. The standard InChI is InChI=1S/C11H12N2S/c1-2-11(12)14-13-8-7-9-5-3-4-6-10(9)13/h2-8,11H,1,12H2. The van der Waals surface area contributed by atoms with E-state index in [1.54, 1.807) is 18.0 Å². The van der Waals surface area contributed by atoms with Gasteiger partial charge in [-0.15, -0.1) is 6.58 Å². The van der Waals surface area contributed by atoms with Crippen molar-refractivity contribution in [3.63, 3.8) is 0 Å². The maximum Gasteiger partial charge on any atom is 0.0896 e. The minimum Gasteiger partial charge on any atom is -0.315 e. The number of fused-ring (bicyclic) bond motifs is 1. The minimum absolute atomic E-state index is 0.0641. The van der Waals surface area contributed by atoms with Crippen molar-refractivity contribution in [1.82, 2.24) is 3.97 Å². The molecule has 14 heavy (non-hydrogen) atoms. The molecule has 0 aliphatic carbocycles. The molecule has 3 heteroatoms. The zero-order chi connectivity index (χ0) is 9.97. The molecule has 0 radical (unpaired) electrons. The van der Waals surface area contributed by atoms with Crippen molar-refractivity contribution in [2.45, 2.75) is 5.37 Å². The van der Waals surface area contributed by atoms with E-state index in [0.29, 0.717) is 0 Å². The van der Waals surface area contributed by atoms with Crippen molar-refractivity contribution in [2.75, 3.05) is 0 Å². The van der Waals surface area contributed by atoms with Crippen molar-refractivity contribution < 1.29 is 0 Å². The van der Waals surface area contributed by atoms with Gasteiger partial charge in [0, 0.05) is 11.6 Å². The van der Waals surface area contributed by atoms with E-state index in [0.717, 1.165) is 0 Å². The number of nitrogens with two attached hydrogens (primary N) is 1. The molecule has 0 saturated carbocycles. The lowest BCUT2D eigenvalue weighted by atomic mass is 10.3. The molecule has 2 rings (SSSR count). The second kappa shape index (κ2) is 3.90. The van der Waals surface area contributed by atoms with E-state index in [9.17, 15) is 0 Å². The third-order valence-electron chi connectivity index (χ3n) is 2.03. The monoisotopic (exact) mass is 204 g/mol. The minimum atomic E-state index is -0.0641. The van der Waals surface area contributed by atoms with Crippen molar-refractivity contribution in [2.24, 2.45) is 5.73 Å². The van der Waals surface area contributed by atoms with Crippen LogP contribution in [0.5, 0.6) is 0 Å². The lowest BCUT2D eigenvalue weighted by Crippen LogP contribution is -2.13. The first-order valence-electron chi connectivity index (χ1n) is 4.42. The first-order valence-corrected chi connectivity index (χ1v) is 5.26. The molecule has 0 fully saturated rings. The summed E-state index contributed by atoms with van der Waals surface area (Å²) in [6.07, 6.45) is 3.76. The van der Waals surface area contributed by atoms with E-state index in [1.165, 1.54) is 10.9 Å². The average molecular weight is 204 g/mol. The third-order valence-corrected chi connectivity index (χ3v) is 3.01. The number of aromatic nitrogens is 1. The molecule has 2 N–H and O–H groups in total. The second-order valence-electron chi connectivity index (χ2n) is 3.01. The Labute approximate surface area is 87.5 Å². The Morgan fingerprint density at radius 1 is 1.36 bits per heavy atom. The third kappa shape index (κ3) is 1.69. The maximum atomic E-state index is 5.78. The van der Waals surface area contributed by atoms with Crippen LogP contribution in [-0.2, 0) is 0 Å². The highest BCUT2D eigenvalue weighted by Crippen LogP contribution is 2.21. The van der Waals surface area contributed by atoms with Crippen LogP contribution in [0.15, 0.2) is 49.2 Å². The van der Waals surface area contributed by atoms with Crippen LogP contribution < -0.4 is 5.73 Å². The smallest absolute Gasteiger partial charge is 0.0896 e. The van der Waals surface area contributed by atoms with Crippen LogP contribution in [0, 0.1) is 0 Å². The number of benzene rings is 1. The Morgan fingerprint density at radius 3 is 2.93 bits per heavy atom. The van der Waals surface area contributed by atoms with E-state index >= 15 is 0 Å². The number of hydrogen-bond donors (Lipinski definition) is 1.